The number of aryl methyl sites for hydroxylation is 2. The lowest BCUT2D eigenvalue weighted by atomic mass is 10.2. The topological polar surface area (TPSA) is 71.6 Å². The van der Waals surface area contributed by atoms with Crippen LogP contribution >= 0.6 is 0 Å². The van der Waals surface area contributed by atoms with Crippen molar-refractivity contribution in [3.05, 3.63) is 71.8 Å². The van der Waals surface area contributed by atoms with E-state index in [1.54, 1.807) is 4.68 Å². The van der Waals surface area contributed by atoms with Gasteiger partial charge in [0, 0.05) is 49.8 Å². The molecule has 8 nitrogen and oxygen atoms in total. The minimum atomic E-state index is 0.0734. The fraction of sp³-hybridized carbons (Fsp3) is 0.273. The molecule has 1 aliphatic rings. The zero-order valence-corrected chi connectivity index (χ0v) is 17.1. The second-order valence-corrected chi connectivity index (χ2v) is 7.63. The summed E-state index contributed by atoms with van der Waals surface area (Å²) in [5.74, 6) is 1.60. The van der Waals surface area contributed by atoms with Crippen molar-refractivity contribution in [1.82, 2.24) is 29.3 Å². The third-order valence-electron chi connectivity index (χ3n) is 5.51. The van der Waals surface area contributed by atoms with Crippen molar-refractivity contribution in [3.63, 3.8) is 0 Å². The maximum atomic E-state index is 12.9. The Morgan fingerprint density at radius 1 is 0.933 bits per heavy atom. The first kappa shape index (κ1) is 18.4. The molecule has 5 heterocycles. The van der Waals surface area contributed by atoms with E-state index in [4.69, 9.17) is 0 Å². The molecule has 30 heavy (non-hydrogen) atoms. The van der Waals surface area contributed by atoms with Crippen LogP contribution in [0.1, 0.15) is 21.7 Å². The molecule has 4 aromatic rings. The first-order chi connectivity index (χ1) is 14.6. The number of amides is 1. The Labute approximate surface area is 174 Å². The molecule has 1 aliphatic heterocycles. The van der Waals surface area contributed by atoms with Gasteiger partial charge in [0.25, 0.3) is 5.91 Å². The summed E-state index contributed by atoms with van der Waals surface area (Å²) in [7, 11) is 0. The number of anilines is 1. The quantitative estimate of drug-likeness (QED) is 0.527. The predicted molar refractivity (Wildman–Crippen MR) is 114 cm³/mol. The van der Waals surface area contributed by atoms with Gasteiger partial charge in [0.15, 0.2) is 11.6 Å². The van der Waals surface area contributed by atoms with Gasteiger partial charge in [-0.1, -0.05) is 6.07 Å². The number of carbonyl (C=O) groups is 1. The van der Waals surface area contributed by atoms with E-state index in [-0.39, 0.29) is 5.91 Å². The summed E-state index contributed by atoms with van der Waals surface area (Å²) in [6.45, 7) is 6.74. The molecule has 1 saturated heterocycles. The molecule has 0 radical (unpaired) electrons. The number of pyridine rings is 1. The maximum absolute atomic E-state index is 12.9. The summed E-state index contributed by atoms with van der Waals surface area (Å²) in [6.07, 6.45) is 3.85. The van der Waals surface area contributed by atoms with Crippen molar-refractivity contribution in [2.45, 2.75) is 13.8 Å². The van der Waals surface area contributed by atoms with E-state index in [1.807, 2.05) is 78.0 Å². The van der Waals surface area contributed by atoms with Crippen molar-refractivity contribution in [2.75, 3.05) is 31.1 Å². The molecule has 0 saturated carbocycles. The number of hydrogen-bond donors (Lipinski definition) is 0. The molecular formula is C22H23N7O. The summed E-state index contributed by atoms with van der Waals surface area (Å²) in [5, 5.41) is 13.2. The van der Waals surface area contributed by atoms with Gasteiger partial charge in [-0.2, -0.15) is 5.10 Å². The number of hydrogen-bond acceptors (Lipinski definition) is 5. The number of aromatic nitrogens is 5. The van der Waals surface area contributed by atoms with Gasteiger partial charge < -0.3 is 14.2 Å². The Kier molecular flexibility index (Phi) is 4.46. The van der Waals surface area contributed by atoms with Crippen molar-refractivity contribution < 1.29 is 4.79 Å². The van der Waals surface area contributed by atoms with Crippen LogP contribution in [-0.4, -0.2) is 61.4 Å². The Balaban J connectivity index is 1.25. The summed E-state index contributed by atoms with van der Waals surface area (Å²) >= 11 is 0. The molecule has 0 unspecified atom stereocenters. The first-order valence-electron chi connectivity index (χ1n) is 10.1. The molecule has 1 fully saturated rings. The lowest BCUT2D eigenvalue weighted by Crippen LogP contribution is -2.49. The monoisotopic (exact) mass is 401 g/mol. The van der Waals surface area contributed by atoms with Crippen molar-refractivity contribution in [1.29, 1.82) is 0 Å². The van der Waals surface area contributed by atoms with Crippen LogP contribution in [0.2, 0.25) is 0 Å². The average Bonchev–Trinajstić information content (AvgIpc) is 3.36. The van der Waals surface area contributed by atoms with E-state index in [2.05, 4.69) is 20.2 Å². The first-order valence-corrected chi connectivity index (χ1v) is 10.1. The third kappa shape index (κ3) is 3.30. The lowest BCUT2D eigenvalue weighted by molar-refractivity contribution is 0.0746. The van der Waals surface area contributed by atoms with E-state index in [0.717, 1.165) is 41.4 Å². The largest absolute Gasteiger partial charge is 0.352 e. The maximum Gasteiger partial charge on any atom is 0.255 e. The minimum Gasteiger partial charge on any atom is -0.352 e. The SMILES string of the molecule is Cc1cc(C)n(-c2ccc(N3CCN(C(=O)c4cc5ccccn5c4)CC3)nn2)n1. The van der Waals surface area contributed by atoms with Crippen molar-refractivity contribution in [3.8, 4) is 5.82 Å². The zero-order valence-electron chi connectivity index (χ0n) is 17.1. The highest BCUT2D eigenvalue weighted by atomic mass is 16.2. The standard InChI is InChI=1S/C22H23N7O/c1-16-13-17(2)29(25-16)21-7-6-20(23-24-21)26-9-11-27(12-10-26)22(30)18-14-19-5-3-4-8-28(19)15-18/h3-8,13-15H,9-12H2,1-2H3. The number of fused-ring (bicyclic) bond motifs is 1. The smallest absolute Gasteiger partial charge is 0.255 e. The van der Waals surface area contributed by atoms with Crippen LogP contribution in [0.5, 0.6) is 0 Å². The summed E-state index contributed by atoms with van der Waals surface area (Å²) in [6, 6.07) is 13.8. The van der Waals surface area contributed by atoms with E-state index < -0.39 is 0 Å². The molecule has 152 valence electrons. The highest BCUT2D eigenvalue weighted by Crippen LogP contribution is 2.18. The van der Waals surface area contributed by atoms with E-state index in [9.17, 15) is 4.79 Å². The fourth-order valence-corrected chi connectivity index (χ4v) is 3.95. The van der Waals surface area contributed by atoms with Gasteiger partial charge in [0.2, 0.25) is 0 Å². The van der Waals surface area contributed by atoms with E-state index in [1.165, 1.54) is 0 Å². The van der Waals surface area contributed by atoms with Gasteiger partial charge in [-0.15, -0.1) is 10.2 Å². The fourth-order valence-electron chi connectivity index (χ4n) is 3.95. The zero-order chi connectivity index (χ0) is 20.7. The highest BCUT2D eigenvalue weighted by Gasteiger charge is 2.24. The molecule has 0 aromatic carbocycles. The van der Waals surface area contributed by atoms with Crippen molar-refractivity contribution >= 4 is 17.2 Å². The Morgan fingerprint density at radius 2 is 1.70 bits per heavy atom. The molecule has 4 aromatic heterocycles. The summed E-state index contributed by atoms with van der Waals surface area (Å²) in [5.41, 5.74) is 3.73. The molecule has 0 bridgehead atoms. The normalized spacial score (nSPS) is 14.5. The molecule has 0 N–H and O–H groups in total. The Hall–Kier alpha value is -3.68. The van der Waals surface area contributed by atoms with Crippen LogP contribution < -0.4 is 4.90 Å². The van der Waals surface area contributed by atoms with E-state index in [0.29, 0.717) is 18.9 Å². The molecule has 0 aliphatic carbocycles. The predicted octanol–water partition coefficient (Wildman–Crippen LogP) is 2.49. The van der Waals surface area contributed by atoms with Gasteiger partial charge in [-0.3, -0.25) is 4.79 Å². The van der Waals surface area contributed by atoms with Crippen molar-refractivity contribution in [2.24, 2.45) is 0 Å². The number of rotatable bonds is 3. The van der Waals surface area contributed by atoms with Gasteiger partial charge in [0.1, 0.15) is 0 Å². The number of piperazine rings is 1. The third-order valence-corrected chi connectivity index (χ3v) is 5.51. The van der Waals surface area contributed by atoms with Crippen LogP contribution in [0.4, 0.5) is 5.82 Å². The van der Waals surface area contributed by atoms with Crippen LogP contribution in [-0.2, 0) is 0 Å². The Bertz CT molecular complexity index is 1170. The van der Waals surface area contributed by atoms with Gasteiger partial charge in [-0.25, -0.2) is 4.68 Å². The van der Waals surface area contributed by atoms with Gasteiger partial charge >= 0.3 is 0 Å². The second-order valence-electron chi connectivity index (χ2n) is 7.63. The molecular weight excluding hydrogens is 378 g/mol. The molecule has 5 rings (SSSR count). The number of carbonyl (C=O) groups excluding carboxylic acids is 1. The molecule has 0 atom stereocenters. The number of nitrogens with zero attached hydrogens (tertiary/aromatic N) is 7. The molecule has 8 heteroatoms. The molecule has 1 amide bonds. The van der Waals surface area contributed by atoms with Crippen LogP contribution in [0.25, 0.3) is 11.3 Å². The average molecular weight is 401 g/mol. The summed E-state index contributed by atoms with van der Waals surface area (Å²) in [4.78, 5) is 17.0. The minimum absolute atomic E-state index is 0.0734. The van der Waals surface area contributed by atoms with Gasteiger partial charge in [0.05, 0.1) is 11.3 Å². The lowest BCUT2D eigenvalue weighted by Gasteiger charge is -2.35. The van der Waals surface area contributed by atoms with Crippen LogP contribution in [0.15, 0.2) is 54.9 Å². The highest BCUT2D eigenvalue weighted by molar-refractivity contribution is 5.95. The Morgan fingerprint density at radius 3 is 2.37 bits per heavy atom. The van der Waals surface area contributed by atoms with E-state index >= 15 is 0 Å². The second kappa shape index (κ2) is 7.29. The van der Waals surface area contributed by atoms with Crippen LogP contribution in [0.3, 0.4) is 0 Å². The molecule has 0 spiro atoms. The van der Waals surface area contributed by atoms with Gasteiger partial charge in [-0.05, 0) is 50.2 Å². The van der Waals surface area contributed by atoms with Crippen LogP contribution in [0, 0.1) is 13.8 Å². The summed E-state index contributed by atoms with van der Waals surface area (Å²) < 4.78 is 3.77.